The number of aromatic nitrogens is 1. The Morgan fingerprint density at radius 3 is 2.58 bits per heavy atom. The van der Waals surface area contributed by atoms with E-state index in [0.29, 0.717) is 60.4 Å². The first-order valence-corrected chi connectivity index (χ1v) is 22.7. The van der Waals surface area contributed by atoms with Crippen LogP contribution in [0.15, 0.2) is 73.1 Å². The Hall–Kier alpha value is -4.58. The molecule has 57 heavy (non-hydrogen) atoms. The highest BCUT2D eigenvalue weighted by molar-refractivity contribution is 7.56. The fraction of sp³-hybridized carbons (Fsp3) is 0.465. The van der Waals surface area contributed by atoms with Crippen molar-refractivity contribution in [3.8, 4) is 5.75 Å². The molecule has 1 saturated carbocycles. The number of ether oxygens (including phenoxy) is 1. The summed E-state index contributed by atoms with van der Waals surface area (Å²) in [7, 11) is -3.68. The lowest BCUT2D eigenvalue weighted by Crippen LogP contribution is -2.59. The Kier molecular flexibility index (Phi) is 11.3. The van der Waals surface area contributed by atoms with E-state index in [9.17, 15) is 23.7 Å². The summed E-state index contributed by atoms with van der Waals surface area (Å²) >= 11 is 1.33. The van der Waals surface area contributed by atoms with Gasteiger partial charge in [0.15, 0.2) is 0 Å². The summed E-state index contributed by atoms with van der Waals surface area (Å²) in [6.45, 7) is 7.07. The number of carbonyl (C=O) groups excluding carboxylic acids is 4. The van der Waals surface area contributed by atoms with Crippen LogP contribution < -0.4 is 14.9 Å². The minimum Gasteiger partial charge on any atom is -0.465 e. The van der Waals surface area contributed by atoms with E-state index >= 15 is 0 Å². The van der Waals surface area contributed by atoms with Crippen LogP contribution in [0.2, 0.25) is 0 Å². The van der Waals surface area contributed by atoms with E-state index < -0.39 is 31.6 Å². The van der Waals surface area contributed by atoms with Gasteiger partial charge in [-0.2, -0.15) is 0 Å². The highest BCUT2D eigenvalue weighted by Gasteiger charge is 2.52. The molecule has 2 N–H and O–H groups in total. The van der Waals surface area contributed by atoms with Gasteiger partial charge in [-0.3, -0.25) is 28.7 Å². The van der Waals surface area contributed by atoms with Crippen LogP contribution in [0.25, 0.3) is 10.1 Å². The second-order valence-electron chi connectivity index (χ2n) is 16.2. The van der Waals surface area contributed by atoms with Gasteiger partial charge in [0.05, 0.1) is 17.6 Å². The number of esters is 1. The molecule has 1 unspecified atom stereocenters. The smallest absolute Gasteiger partial charge is 0.323 e. The van der Waals surface area contributed by atoms with E-state index in [2.05, 4.69) is 22.3 Å². The molecule has 4 aromatic rings. The predicted octanol–water partition coefficient (Wildman–Crippen LogP) is 6.82. The molecule has 2 aromatic heterocycles. The Bertz CT molecular complexity index is 2210. The number of hydrogen-bond donors (Lipinski definition) is 2. The average molecular weight is 812 g/mol. The summed E-state index contributed by atoms with van der Waals surface area (Å²) in [5.74, 6) is 0.538. The molecular weight excluding hydrogens is 762 g/mol. The first kappa shape index (κ1) is 39.3. The molecule has 1 aliphatic carbocycles. The zero-order chi connectivity index (χ0) is 39.8. The maximum absolute atomic E-state index is 14.4. The molecule has 3 saturated heterocycles. The van der Waals surface area contributed by atoms with Crippen LogP contribution in [-0.2, 0) is 29.8 Å². The number of aryl methyl sites for hydroxylation is 1. The molecule has 2 aromatic carbocycles. The topological polar surface area (TPSA) is 147 Å². The van der Waals surface area contributed by atoms with Gasteiger partial charge in [-0.25, -0.2) is 5.09 Å². The van der Waals surface area contributed by atoms with Gasteiger partial charge >= 0.3 is 13.5 Å². The Labute approximate surface area is 337 Å². The van der Waals surface area contributed by atoms with Gasteiger partial charge in [0.1, 0.15) is 23.9 Å². The molecule has 5 heterocycles. The van der Waals surface area contributed by atoms with Crippen molar-refractivity contribution in [2.24, 2.45) is 11.8 Å². The summed E-state index contributed by atoms with van der Waals surface area (Å²) < 4.78 is 26.5. The van der Waals surface area contributed by atoms with Crippen LogP contribution in [0.5, 0.6) is 5.75 Å². The van der Waals surface area contributed by atoms with E-state index in [1.165, 1.54) is 22.5 Å². The summed E-state index contributed by atoms with van der Waals surface area (Å²) in [4.78, 5) is 63.3. The summed E-state index contributed by atoms with van der Waals surface area (Å²) in [6, 6.07) is 16.1. The van der Waals surface area contributed by atoms with Gasteiger partial charge in [-0.1, -0.05) is 31.2 Å². The molecular formula is C43H50N5O7PS. The highest BCUT2D eigenvalue weighted by Crippen LogP contribution is 2.50. The molecule has 12 nitrogen and oxygen atoms in total. The predicted molar refractivity (Wildman–Crippen MR) is 218 cm³/mol. The van der Waals surface area contributed by atoms with E-state index in [0.717, 1.165) is 29.3 Å². The number of rotatable bonds is 13. The van der Waals surface area contributed by atoms with Gasteiger partial charge in [0.2, 0.25) is 11.8 Å². The van der Waals surface area contributed by atoms with Crippen LogP contribution in [0, 0.1) is 18.8 Å². The second-order valence-corrected chi connectivity index (χ2v) is 19.3. The van der Waals surface area contributed by atoms with Crippen molar-refractivity contribution in [2.45, 2.75) is 95.5 Å². The van der Waals surface area contributed by atoms with Crippen molar-refractivity contribution in [3.63, 3.8) is 0 Å². The summed E-state index contributed by atoms with van der Waals surface area (Å²) in [5, 5.41) is 6.80. The van der Waals surface area contributed by atoms with Crippen molar-refractivity contribution in [1.29, 1.82) is 0 Å². The quantitative estimate of drug-likeness (QED) is 0.110. The van der Waals surface area contributed by atoms with E-state index in [4.69, 9.17) is 9.26 Å². The largest absolute Gasteiger partial charge is 0.465 e. The lowest BCUT2D eigenvalue weighted by atomic mass is 9.89. The molecule has 14 heteroatoms. The first-order chi connectivity index (χ1) is 27.5. The first-order valence-electron chi connectivity index (χ1n) is 20.1. The number of para-hydroxylation sites is 1. The third-order valence-corrected chi connectivity index (χ3v) is 15.1. The number of nitrogens with one attached hydrogen (secondary N) is 2. The van der Waals surface area contributed by atoms with Gasteiger partial charge in [-0.15, -0.1) is 11.3 Å². The number of pyridine rings is 1. The molecule has 4 aliphatic rings. The van der Waals surface area contributed by atoms with E-state index in [1.807, 2.05) is 53.3 Å². The monoisotopic (exact) mass is 811 g/mol. The highest BCUT2D eigenvalue weighted by atomic mass is 32.1. The zero-order valence-corrected chi connectivity index (χ0v) is 34.3. The normalized spacial score (nSPS) is 24.6. The van der Waals surface area contributed by atoms with Crippen molar-refractivity contribution in [1.82, 2.24) is 25.2 Å². The standard InChI is InChI=1S/C43H50N5O7PS/c1-4-16-54-43(52)27(3)46-56(53,55-34-8-6-5-7-9-34)25-28-10-13-38-31(17-28)21-39(57-38)40(49)45-36-20-30-18-29(30)19-33-11-12-37(48(33)41(36)50)42(51)47-23-32(24-47)35-22-44-15-14-26(35)2/h5-10,13-15,17,21-22,27,29-30,32-33,36-37H,4,11-12,16,18-20,23-25H2,1-3H3,(H,45,49)(H,46,53)/t27-,29+,30-,33-,36+,37+,56?/m1/s1. The molecule has 0 spiro atoms. The Morgan fingerprint density at radius 2 is 1.81 bits per heavy atom. The van der Waals surface area contributed by atoms with Crippen LogP contribution in [0.4, 0.5) is 0 Å². The van der Waals surface area contributed by atoms with Gasteiger partial charge in [0.25, 0.3) is 5.91 Å². The minimum absolute atomic E-state index is 0.00162. The molecule has 7 atom stereocenters. The second kappa shape index (κ2) is 16.3. The summed E-state index contributed by atoms with van der Waals surface area (Å²) in [6.07, 6.45) is 8.28. The van der Waals surface area contributed by atoms with Gasteiger partial charge in [-0.05, 0) is 123 Å². The fourth-order valence-electron chi connectivity index (χ4n) is 8.81. The Balaban J connectivity index is 0.959. The molecule has 0 radical (unpaired) electrons. The minimum atomic E-state index is -3.68. The number of likely N-dealkylation sites (tertiary alicyclic amines) is 1. The van der Waals surface area contributed by atoms with Gasteiger partial charge < -0.3 is 24.4 Å². The fourth-order valence-corrected chi connectivity index (χ4v) is 11.8. The van der Waals surface area contributed by atoms with Crippen molar-refractivity contribution in [2.75, 3.05) is 19.7 Å². The third kappa shape index (κ3) is 8.52. The Morgan fingerprint density at radius 1 is 1.02 bits per heavy atom. The van der Waals surface area contributed by atoms with Crippen molar-refractivity contribution >= 4 is 52.6 Å². The van der Waals surface area contributed by atoms with Gasteiger partial charge in [0, 0.05) is 42.1 Å². The number of thiophene rings is 1. The average Bonchev–Trinajstić information content (AvgIpc) is 3.52. The number of amides is 3. The molecule has 8 rings (SSSR count). The number of carbonyl (C=O) groups is 4. The lowest BCUT2D eigenvalue weighted by molar-refractivity contribution is -0.149. The molecule has 4 fully saturated rings. The van der Waals surface area contributed by atoms with E-state index in [-0.39, 0.29) is 42.5 Å². The van der Waals surface area contributed by atoms with Crippen LogP contribution in [-0.4, -0.2) is 82.3 Å². The number of hydrogen-bond acceptors (Lipinski definition) is 9. The third-order valence-electron chi connectivity index (χ3n) is 11.9. The van der Waals surface area contributed by atoms with Crippen molar-refractivity contribution < 1.29 is 33.0 Å². The molecule has 3 aliphatic heterocycles. The molecule has 3 amide bonds. The number of fused-ring (bicyclic) bond motifs is 3. The number of benzene rings is 2. The molecule has 300 valence electrons. The van der Waals surface area contributed by atoms with E-state index in [1.54, 1.807) is 43.5 Å². The SMILES string of the molecule is CCCOC(=O)[C@@H](C)NP(=O)(Cc1ccc2sc(C(=O)N[C@H]3C[C@H]4C[C@H]4C[C@H]4CC[C@@H](C(=O)N5CC(c6cnccc6C)C5)N4C3=O)cc2c1)Oc1ccccc1. The molecule has 0 bridgehead atoms. The van der Waals surface area contributed by atoms with Crippen molar-refractivity contribution in [3.05, 3.63) is 94.6 Å². The van der Waals surface area contributed by atoms with Crippen LogP contribution in [0.1, 0.15) is 84.7 Å². The maximum atomic E-state index is 14.4. The zero-order valence-electron chi connectivity index (χ0n) is 32.6. The lowest BCUT2D eigenvalue weighted by Gasteiger charge is -2.43. The summed E-state index contributed by atoms with van der Waals surface area (Å²) in [5.41, 5.74) is 3.03. The maximum Gasteiger partial charge on any atom is 0.323 e. The van der Waals surface area contributed by atoms with Crippen LogP contribution >= 0.6 is 18.9 Å². The number of nitrogens with zero attached hydrogens (tertiary/aromatic N) is 3. The van der Waals surface area contributed by atoms with Crippen LogP contribution in [0.3, 0.4) is 0 Å².